The summed E-state index contributed by atoms with van der Waals surface area (Å²) in [5.74, 6) is 2.24. The number of hydrogen-bond acceptors (Lipinski definition) is 5. The van der Waals surface area contributed by atoms with Crippen molar-refractivity contribution in [2.24, 2.45) is 0 Å². The SMILES string of the molecule is Cc1oc(-c2ccccc2)nc1CN1C[C@@H](C(=O)N2CCCCC2)Oc2ccccc21. The van der Waals surface area contributed by atoms with Gasteiger partial charge in [0.05, 0.1) is 18.8 Å². The molecule has 0 aliphatic carbocycles. The van der Waals surface area contributed by atoms with Crippen LogP contribution in [0.1, 0.15) is 30.7 Å². The Bertz CT molecular complexity index is 1060. The number of anilines is 1. The molecule has 6 nitrogen and oxygen atoms in total. The van der Waals surface area contributed by atoms with Crippen molar-refractivity contribution in [1.29, 1.82) is 0 Å². The van der Waals surface area contributed by atoms with Gasteiger partial charge in [-0.2, -0.15) is 0 Å². The zero-order chi connectivity index (χ0) is 21.2. The van der Waals surface area contributed by atoms with Crippen LogP contribution in [0.3, 0.4) is 0 Å². The first-order valence-electron chi connectivity index (χ1n) is 11.0. The number of aromatic nitrogens is 1. The Morgan fingerprint density at radius 2 is 1.77 bits per heavy atom. The Morgan fingerprint density at radius 1 is 1.03 bits per heavy atom. The number of nitrogens with zero attached hydrogens (tertiary/aromatic N) is 3. The van der Waals surface area contributed by atoms with Crippen molar-refractivity contribution in [3.8, 4) is 17.2 Å². The van der Waals surface area contributed by atoms with E-state index >= 15 is 0 Å². The number of ether oxygens (including phenoxy) is 1. The van der Waals surface area contributed by atoms with Crippen molar-refractivity contribution in [3.05, 3.63) is 66.1 Å². The number of piperidine rings is 1. The van der Waals surface area contributed by atoms with Crippen LogP contribution in [0, 0.1) is 6.92 Å². The van der Waals surface area contributed by atoms with Gasteiger partial charge in [0.25, 0.3) is 5.91 Å². The van der Waals surface area contributed by atoms with E-state index in [1.54, 1.807) is 0 Å². The van der Waals surface area contributed by atoms with Crippen LogP contribution in [-0.2, 0) is 11.3 Å². The van der Waals surface area contributed by atoms with Gasteiger partial charge < -0.3 is 19.0 Å². The highest BCUT2D eigenvalue weighted by molar-refractivity contribution is 5.83. The van der Waals surface area contributed by atoms with E-state index < -0.39 is 6.10 Å². The molecular formula is C25H27N3O3. The van der Waals surface area contributed by atoms with Crippen molar-refractivity contribution in [2.75, 3.05) is 24.5 Å². The molecule has 1 saturated heterocycles. The predicted molar refractivity (Wildman–Crippen MR) is 119 cm³/mol. The Labute approximate surface area is 182 Å². The van der Waals surface area contributed by atoms with E-state index in [1.165, 1.54) is 6.42 Å². The summed E-state index contributed by atoms with van der Waals surface area (Å²) in [4.78, 5) is 22.1. The number of likely N-dealkylation sites (tertiary alicyclic amines) is 1. The van der Waals surface area contributed by atoms with Gasteiger partial charge in [0.2, 0.25) is 5.89 Å². The molecule has 2 aliphatic heterocycles. The van der Waals surface area contributed by atoms with E-state index in [-0.39, 0.29) is 5.91 Å². The second kappa shape index (κ2) is 8.46. The molecule has 6 heteroatoms. The molecule has 160 valence electrons. The van der Waals surface area contributed by atoms with Crippen LogP contribution in [0.5, 0.6) is 5.75 Å². The third kappa shape index (κ3) is 4.02. The number of carbonyl (C=O) groups excluding carboxylic acids is 1. The fraction of sp³-hybridized carbons (Fsp3) is 0.360. The highest BCUT2D eigenvalue weighted by atomic mass is 16.5. The molecular weight excluding hydrogens is 390 g/mol. The highest BCUT2D eigenvalue weighted by Crippen LogP contribution is 2.35. The minimum absolute atomic E-state index is 0.0843. The average Bonchev–Trinajstić information content (AvgIpc) is 3.19. The zero-order valence-corrected chi connectivity index (χ0v) is 17.8. The van der Waals surface area contributed by atoms with Crippen molar-refractivity contribution >= 4 is 11.6 Å². The molecule has 1 amide bonds. The van der Waals surface area contributed by atoms with E-state index in [0.717, 1.165) is 54.4 Å². The molecule has 3 aromatic rings. The van der Waals surface area contributed by atoms with Crippen molar-refractivity contribution in [1.82, 2.24) is 9.88 Å². The van der Waals surface area contributed by atoms with Gasteiger partial charge in [-0.15, -0.1) is 0 Å². The van der Waals surface area contributed by atoms with Crippen LogP contribution < -0.4 is 9.64 Å². The summed E-state index contributed by atoms with van der Waals surface area (Å²) in [5, 5.41) is 0. The highest BCUT2D eigenvalue weighted by Gasteiger charge is 2.34. The first-order valence-corrected chi connectivity index (χ1v) is 11.0. The molecule has 3 heterocycles. The lowest BCUT2D eigenvalue weighted by Crippen LogP contribution is -2.51. The Balaban J connectivity index is 1.40. The number of carbonyl (C=O) groups is 1. The molecule has 0 unspecified atom stereocenters. The molecule has 1 aromatic heterocycles. The fourth-order valence-corrected chi connectivity index (χ4v) is 4.36. The van der Waals surface area contributed by atoms with Gasteiger partial charge in [0, 0.05) is 18.7 Å². The Hall–Kier alpha value is -3.28. The van der Waals surface area contributed by atoms with Crippen molar-refractivity contribution < 1.29 is 13.9 Å². The van der Waals surface area contributed by atoms with Gasteiger partial charge in [-0.25, -0.2) is 4.98 Å². The molecule has 0 N–H and O–H groups in total. The number of hydrogen-bond donors (Lipinski definition) is 0. The summed E-state index contributed by atoms with van der Waals surface area (Å²) in [6.45, 7) is 4.65. The number of oxazole rings is 1. The maximum absolute atomic E-state index is 13.2. The smallest absolute Gasteiger partial charge is 0.265 e. The van der Waals surface area contributed by atoms with Gasteiger partial charge >= 0.3 is 0 Å². The van der Waals surface area contributed by atoms with Crippen LogP contribution in [0.4, 0.5) is 5.69 Å². The molecule has 31 heavy (non-hydrogen) atoms. The predicted octanol–water partition coefficient (Wildman–Crippen LogP) is 4.43. The molecule has 1 atom stereocenters. The normalized spacial score (nSPS) is 18.4. The van der Waals surface area contributed by atoms with Gasteiger partial charge in [0.1, 0.15) is 17.2 Å². The van der Waals surface area contributed by atoms with Gasteiger partial charge in [-0.05, 0) is 50.5 Å². The zero-order valence-electron chi connectivity index (χ0n) is 17.8. The van der Waals surface area contributed by atoms with E-state index in [0.29, 0.717) is 19.0 Å². The quantitative estimate of drug-likeness (QED) is 0.629. The van der Waals surface area contributed by atoms with Crippen LogP contribution >= 0.6 is 0 Å². The van der Waals surface area contributed by atoms with Crippen LogP contribution in [0.2, 0.25) is 0 Å². The number of aryl methyl sites for hydroxylation is 1. The molecule has 5 rings (SSSR count). The van der Waals surface area contributed by atoms with Crippen molar-refractivity contribution in [2.45, 2.75) is 38.8 Å². The minimum Gasteiger partial charge on any atom is -0.477 e. The maximum atomic E-state index is 13.2. The summed E-state index contributed by atoms with van der Waals surface area (Å²) in [7, 11) is 0. The molecule has 0 bridgehead atoms. The van der Waals surface area contributed by atoms with Gasteiger partial charge in [-0.3, -0.25) is 4.79 Å². The summed E-state index contributed by atoms with van der Waals surface area (Å²) in [6.07, 6.45) is 2.83. The number of fused-ring (bicyclic) bond motifs is 1. The summed E-state index contributed by atoms with van der Waals surface area (Å²) < 4.78 is 12.1. The molecule has 0 spiro atoms. The lowest BCUT2D eigenvalue weighted by atomic mass is 10.1. The number of rotatable bonds is 4. The largest absolute Gasteiger partial charge is 0.477 e. The fourth-order valence-electron chi connectivity index (χ4n) is 4.36. The first kappa shape index (κ1) is 19.7. The molecule has 1 fully saturated rings. The number of para-hydroxylation sites is 2. The van der Waals surface area contributed by atoms with E-state index in [4.69, 9.17) is 14.1 Å². The first-order chi connectivity index (χ1) is 15.2. The maximum Gasteiger partial charge on any atom is 0.265 e. The van der Waals surface area contributed by atoms with E-state index in [2.05, 4.69) is 4.90 Å². The topological polar surface area (TPSA) is 58.8 Å². The summed E-state index contributed by atoms with van der Waals surface area (Å²) in [5.41, 5.74) is 2.81. The third-order valence-corrected chi connectivity index (χ3v) is 6.06. The van der Waals surface area contributed by atoms with Gasteiger partial charge in [-0.1, -0.05) is 30.3 Å². The van der Waals surface area contributed by atoms with Crippen molar-refractivity contribution in [3.63, 3.8) is 0 Å². The third-order valence-electron chi connectivity index (χ3n) is 6.06. The van der Waals surface area contributed by atoms with E-state index in [9.17, 15) is 4.79 Å². The standard InChI is InChI=1S/C25H27N3O3/c1-18-20(26-24(30-18)19-10-4-2-5-11-19)16-28-17-23(25(29)27-14-8-3-9-15-27)31-22-13-7-6-12-21(22)28/h2,4-7,10-13,23H,3,8-9,14-17H2,1H3/t23-/m0/s1. The number of benzene rings is 2. The second-order valence-electron chi connectivity index (χ2n) is 8.23. The lowest BCUT2D eigenvalue weighted by molar-refractivity contribution is -0.139. The second-order valence-corrected chi connectivity index (χ2v) is 8.23. The number of amides is 1. The van der Waals surface area contributed by atoms with Crippen LogP contribution in [0.25, 0.3) is 11.5 Å². The Morgan fingerprint density at radius 3 is 2.58 bits per heavy atom. The minimum atomic E-state index is -0.506. The Kier molecular flexibility index (Phi) is 5.37. The molecule has 2 aromatic carbocycles. The summed E-state index contributed by atoms with van der Waals surface area (Å²) >= 11 is 0. The van der Waals surface area contributed by atoms with Crippen LogP contribution in [0.15, 0.2) is 59.0 Å². The van der Waals surface area contributed by atoms with Gasteiger partial charge in [0.15, 0.2) is 6.10 Å². The lowest BCUT2D eigenvalue weighted by Gasteiger charge is -2.38. The average molecular weight is 418 g/mol. The molecule has 0 radical (unpaired) electrons. The van der Waals surface area contributed by atoms with Crippen LogP contribution in [-0.4, -0.2) is 41.5 Å². The molecule has 0 saturated carbocycles. The summed E-state index contributed by atoms with van der Waals surface area (Å²) in [6, 6.07) is 17.8. The molecule has 2 aliphatic rings. The van der Waals surface area contributed by atoms with E-state index in [1.807, 2.05) is 66.4 Å². The monoisotopic (exact) mass is 417 g/mol.